The highest BCUT2D eigenvalue weighted by atomic mass is 16.3. The SMILES string of the molecule is CC(=O)[C@@]1(O)CC[C@H]2[C@@H]3C=C(C)C4=CC(=O)CC[C@H]4[C@H]3CC[C@@]21C.[HH]. The van der Waals surface area contributed by atoms with E-state index in [0.29, 0.717) is 36.5 Å². The molecule has 3 nitrogen and oxygen atoms in total. The highest BCUT2D eigenvalue weighted by Gasteiger charge is 2.63. The lowest BCUT2D eigenvalue weighted by Gasteiger charge is -2.54. The quantitative estimate of drug-likeness (QED) is 0.794. The monoisotopic (exact) mass is 330 g/mol. The van der Waals surface area contributed by atoms with Gasteiger partial charge in [-0.3, -0.25) is 9.59 Å². The lowest BCUT2D eigenvalue weighted by atomic mass is 9.51. The average molecular weight is 330 g/mol. The van der Waals surface area contributed by atoms with Gasteiger partial charge in [0.25, 0.3) is 0 Å². The van der Waals surface area contributed by atoms with Gasteiger partial charge in [0.2, 0.25) is 0 Å². The summed E-state index contributed by atoms with van der Waals surface area (Å²) in [6, 6.07) is 0. The topological polar surface area (TPSA) is 54.4 Å². The summed E-state index contributed by atoms with van der Waals surface area (Å²) < 4.78 is 0. The Morgan fingerprint density at radius 3 is 2.75 bits per heavy atom. The molecule has 0 heterocycles. The van der Waals surface area contributed by atoms with Crippen LogP contribution in [0.25, 0.3) is 0 Å². The lowest BCUT2D eigenvalue weighted by Crippen LogP contribution is -2.55. The summed E-state index contributed by atoms with van der Waals surface area (Å²) >= 11 is 0. The number of rotatable bonds is 1. The second-order valence-electron chi connectivity index (χ2n) is 8.82. The van der Waals surface area contributed by atoms with E-state index in [1.165, 1.54) is 11.1 Å². The predicted octanol–water partition coefficient (Wildman–Crippen LogP) is 3.86. The van der Waals surface area contributed by atoms with Crippen molar-refractivity contribution in [1.82, 2.24) is 0 Å². The van der Waals surface area contributed by atoms with Crippen LogP contribution in [0.1, 0.15) is 60.7 Å². The fraction of sp³-hybridized carbons (Fsp3) is 0.714. The molecule has 4 aliphatic carbocycles. The molecular weight excluding hydrogens is 300 g/mol. The number of ketones is 2. The van der Waals surface area contributed by atoms with Crippen molar-refractivity contribution in [1.29, 1.82) is 0 Å². The maximum atomic E-state index is 12.2. The van der Waals surface area contributed by atoms with Gasteiger partial charge in [-0.15, -0.1) is 0 Å². The summed E-state index contributed by atoms with van der Waals surface area (Å²) in [7, 11) is 0. The minimum absolute atomic E-state index is 0. The fourth-order valence-electron chi connectivity index (χ4n) is 6.57. The molecule has 0 aromatic rings. The van der Waals surface area contributed by atoms with Crippen LogP contribution in [0.5, 0.6) is 0 Å². The van der Waals surface area contributed by atoms with Crippen molar-refractivity contribution in [3.8, 4) is 0 Å². The van der Waals surface area contributed by atoms with Gasteiger partial charge < -0.3 is 5.11 Å². The Labute approximate surface area is 145 Å². The number of Topliss-reactive ketones (excluding diaryl/α,β-unsaturated/α-hetero) is 1. The average Bonchev–Trinajstić information content (AvgIpc) is 2.81. The molecule has 0 spiro atoms. The first-order valence-corrected chi connectivity index (χ1v) is 9.44. The maximum Gasteiger partial charge on any atom is 0.161 e. The zero-order valence-corrected chi connectivity index (χ0v) is 15.0. The van der Waals surface area contributed by atoms with Gasteiger partial charge in [-0.25, -0.2) is 0 Å². The molecule has 0 aliphatic heterocycles. The van der Waals surface area contributed by atoms with E-state index in [9.17, 15) is 14.7 Å². The first-order valence-electron chi connectivity index (χ1n) is 9.44. The number of allylic oxidation sites excluding steroid dienone is 4. The highest BCUT2D eigenvalue weighted by molar-refractivity contribution is 5.92. The Morgan fingerprint density at radius 2 is 2.04 bits per heavy atom. The summed E-state index contributed by atoms with van der Waals surface area (Å²) in [5.74, 6) is 2.08. The standard InChI is InChI=1S/C21H28O3.H2/c1-12-10-18-16(15-5-4-14(23)11-17(12)15)6-8-20(3)19(18)7-9-21(20,24)13(2)22;/h10-11,15-16,18-19,24H,4-9H2,1-3H3;1H/t15-,16+,18+,19-,20-,21-;/m0./s1. The van der Waals surface area contributed by atoms with Crippen LogP contribution < -0.4 is 0 Å². The lowest BCUT2D eigenvalue weighted by molar-refractivity contribution is -0.155. The fourth-order valence-corrected chi connectivity index (χ4v) is 6.57. The van der Waals surface area contributed by atoms with E-state index in [1.807, 2.05) is 6.08 Å². The summed E-state index contributed by atoms with van der Waals surface area (Å²) in [6.45, 7) is 5.82. The van der Waals surface area contributed by atoms with Crippen molar-refractivity contribution >= 4 is 11.6 Å². The number of carbonyl (C=O) groups is 2. The van der Waals surface area contributed by atoms with Crippen LogP contribution in [0.15, 0.2) is 23.3 Å². The van der Waals surface area contributed by atoms with Gasteiger partial charge in [-0.05, 0) is 81.3 Å². The van der Waals surface area contributed by atoms with Crippen molar-refractivity contribution < 1.29 is 16.1 Å². The molecule has 24 heavy (non-hydrogen) atoms. The van der Waals surface area contributed by atoms with E-state index < -0.39 is 5.60 Å². The van der Waals surface area contributed by atoms with Gasteiger partial charge in [0.1, 0.15) is 5.60 Å². The molecule has 0 unspecified atom stereocenters. The van der Waals surface area contributed by atoms with Gasteiger partial charge in [0, 0.05) is 13.3 Å². The zero-order chi connectivity index (χ0) is 17.3. The van der Waals surface area contributed by atoms with Crippen molar-refractivity contribution in [2.75, 3.05) is 0 Å². The van der Waals surface area contributed by atoms with Gasteiger partial charge in [-0.2, -0.15) is 0 Å². The largest absolute Gasteiger partial charge is 0.382 e. The summed E-state index contributed by atoms with van der Waals surface area (Å²) in [5, 5.41) is 11.1. The first-order chi connectivity index (χ1) is 11.3. The minimum atomic E-state index is -1.15. The van der Waals surface area contributed by atoms with Crippen LogP contribution in [-0.4, -0.2) is 22.3 Å². The number of carbonyl (C=O) groups excluding carboxylic acids is 2. The van der Waals surface area contributed by atoms with Crippen LogP contribution in [0, 0.1) is 29.1 Å². The molecule has 6 atom stereocenters. The molecule has 0 aromatic heterocycles. The molecule has 2 fully saturated rings. The molecule has 3 heteroatoms. The van der Waals surface area contributed by atoms with Gasteiger partial charge in [0.15, 0.2) is 11.6 Å². The van der Waals surface area contributed by atoms with Crippen LogP contribution in [0.2, 0.25) is 0 Å². The Morgan fingerprint density at radius 1 is 1.29 bits per heavy atom. The number of hydrogen-bond donors (Lipinski definition) is 1. The molecule has 1 N–H and O–H groups in total. The second-order valence-corrected chi connectivity index (χ2v) is 8.82. The highest BCUT2D eigenvalue weighted by Crippen LogP contribution is 2.64. The molecule has 2 saturated carbocycles. The van der Waals surface area contributed by atoms with Gasteiger partial charge in [-0.1, -0.05) is 18.6 Å². The number of aliphatic hydroxyl groups is 1. The van der Waals surface area contributed by atoms with E-state index in [-0.39, 0.29) is 18.4 Å². The molecule has 0 radical (unpaired) electrons. The van der Waals surface area contributed by atoms with Gasteiger partial charge >= 0.3 is 0 Å². The zero-order valence-electron chi connectivity index (χ0n) is 15.0. The molecule has 0 bridgehead atoms. The Bertz CT molecular complexity index is 679. The van der Waals surface area contributed by atoms with Crippen LogP contribution >= 0.6 is 0 Å². The van der Waals surface area contributed by atoms with Crippen LogP contribution in [0.4, 0.5) is 0 Å². The normalized spacial score (nSPS) is 47.2. The predicted molar refractivity (Wildman–Crippen MR) is 94.4 cm³/mol. The van der Waals surface area contributed by atoms with Crippen molar-refractivity contribution in [3.63, 3.8) is 0 Å². The van der Waals surface area contributed by atoms with E-state index in [2.05, 4.69) is 19.9 Å². The second kappa shape index (κ2) is 5.14. The maximum absolute atomic E-state index is 12.2. The number of fused-ring (bicyclic) bond motifs is 5. The smallest absolute Gasteiger partial charge is 0.161 e. The van der Waals surface area contributed by atoms with E-state index in [4.69, 9.17) is 0 Å². The van der Waals surface area contributed by atoms with Gasteiger partial charge in [0.05, 0.1) is 0 Å². The number of hydrogen-bond acceptors (Lipinski definition) is 3. The summed E-state index contributed by atoms with van der Waals surface area (Å²) in [5.41, 5.74) is 1.05. The third kappa shape index (κ3) is 1.94. The summed E-state index contributed by atoms with van der Waals surface area (Å²) in [6.07, 6.45) is 9.38. The van der Waals surface area contributed by atoms with E-state index in [0.717, 1.165) is 25.7 Å². The molecular formula is C21H30O3. The molecule has 4 aliphatic rings. The molecule has 0 amide bonds. The minimum Gasteiger partial charge on any atom is -0.382 e. The van der Waals surface area contributed by atoms with Crippen molar-refractivity contribution in [3.05, 3.63) is 23.3 Å². The Balaban J connectivity index is 0.00000182. The molecule has 4 rings (SSSR count). The molecule has 0 aromatic carbocycles. The first kappa shape index (κ1) is 16.3. The summed E-state index contributed by atoms with van der Waals surface area (Å²) in [4.78, 5) is 24.0. The van der Waals surface area contributed by atoms with Crippen LogP contribution in [-0.2, 0) is 9.59 Å². The molecule has 0 saturated heterocycles. The van der Waals surface area contributed by atoms with E-state index in [1.54, 1.807) is 6.92 Å². The third-order valence-corrected chi connectivity index (χ3v) is 7.95. The van der Waals surface area contributed by atoms with Crippen molar-refractivity contribution in [2.24, 2.45) is 29.1 Å². The Kier molecular flexibility index (Phi) is 3.48. The molecule has 132 valence electrons. The third-order valence-electron chi connectivity index (χ3n) is 7.95. The van der Waals surface area contributed by atoms with Crippen LogP contribution in [0.3, 0.4) is 0 Å². The van der Waals surface area contributed by atoms with E-state index >= 15 is 0 Å². The Hall–Kier alpha value is -1.22. The van der Waals surface area contributed by atoms with Crippen molar-refractivity contribution in [2.45, 2.75) is 64.9 Å².